The molecule has 0 saturated carbocycles. The predicted octanol–water partition coefficient (Wildman–Crippen LogP) is 0.526. The van der Waals surface area contributed by atoms with Crippen LogP contribution in [0.4, 0.5) is 5.82 Å². The number of nitrogens with one attached hydrogen (secondary N) is 1. The normalized spacial score (nSPS) is 9.83. The number of thioether (sulfide) groups is 1. The van der Waals surface area contributed by atoms with E-state index in [1.807, 2.05) is 0 Å². The summed E-state index contributed by atoms with van der Waals surface area (Å²) in [5, 5.41) is 21.8. The number of aromatic carboxylic acids is 1. The third kappa shape index (κ3) is 3.42. The lowest BCUT2D eigenvalue weighted by molar-refractivity contribution is -0.389. The Morgan fingerprint density at radius 3 is 2.78 bits per heavy atom. The summed E-state index contributed by atoms with van der Waals surface area (Å²) in [5.74, 6) is -2.12. The molecule has 0 aliphatic heterocycles. The van der Waals surface area contributed by atoms with Gasteiger partial charge in [-0.25, -0.2) is 4.79 Å². The van der Waals surface area contributed by atoms with Gasteiger partial charge < -0.3 is 20.5 Å². The van der Waals surface area contributed by atoms with Gasteiger partial charge in [0.15, 0.2) is 6.20 Å². The first-order valence-corrected chi connectivity index (χ1v) is 5.65. The van der Waals surface area contributed by atoms with Crippen molar-refractivity contribution in [2.75, 3.05) is 12.8 Å². The maximum atomic E-state index is 11.0. The van der Waals surface area contributed by atoms with Crippen LogP contribution >= 0.6 is 11.8 Å². The summed E-state index contributed by atoms with van der Waals surface area (Å²) in [6, 6.07) is 0.870. The van der Waals surface area contributed by atoms with Gasteiger partial charge in [0.1, 0.15) is 0 Å². The van der Waals surface area contributed by atoms with Crippen molar-refractivity contribution in [3.63, 3.8) is 0 Å². The summed E-state index contributed by atoms with van der Waals surface area (Å²) in [4.78, 5) is 35.4. The fourth-order valence-electron chi connectivity index (χ4n) is 1.03. The first-order chi connectivity index (χ1) is 8.45. The van der Waals surface area contributed by atoms with Crippen molar-refractivity contribution >= 4 is 29.5 Å². The highest BCUT2D eigenvalue weighted by Crippen LogP contribution is 2.24. The second-order valence-electron chi connectivity index (χ2n) is 3.06. The zero-order valence-electron chi connectivity index (χ0n) is 9.24. The zero-order valence-corrected chi connectivity index (χ0v) is 10.1. The van der Waals surface area contributed by atoms with E-state index in [0.717, 1.165) is 24.0 Å². The third-order valence-electron chi connectivity index (χ3n) is 1.91. The van der Waals surface area contributed by atoms with E-state index in [4.69, 9.17) is 5.11 Å². The summed E-state index contributed by atoms with van der Waals surface area (Å²) >= 11 is 0.951. The van der Waals surface area contributed by atoms with Crippen LogP contribution in [0.2, 0.25) is 0 Å². The molecular weight excluding hydrogens is 262 g/mol. The highest BCUT2D eigenvalue weighted by Gasteiger charge is 2.19. The average Bonchev–Trinajstić information content (AvgIpc) is 2.35. The molecule has 0 atom stereocenters. The Morgan fingerprint density at radius 2 is 2.28 bits per heavy atom. The fraction of sp³-hybridized carbons (Fsp3) is 0.222. The largest absolute Gasteiger partial charge is 0.478 e. The molecule has 0 unspecified atom stereocenters. The molecule has 2 N–H and O–H groups in total. The van der Waals surface area contributed by atoms with Crippen LogP contribution in [0, 0.1) is 10.1 Å². The molecule has 1 aromatic rings. The minimum absolute atomic E-state index is 0.0102. The Bertz CT molecular complexity index is 505. The molecule has 0 bridgehead atoms. The molecule has 96 valence electrons. The Morgan fingerprint density at radius 1 is 1.61 bits per heavy atom. The van der Waals surface area contributed by atoms with E-state index in [9.17, 15) is 19.7 Å². The zero-order chi connectivity index (χ0) is 13.7. The minimum atomic E-state index is -1.31. The summed E-state index contributed by atoms with van der Waals surface area (Å²) in [6.45, 7) is 0. The molecule has 0 saturated heterocycles. The van der Waals surface area contributed by atoms with E-state index in [-0.39, 0.29) is 22.1 Å². The molecule has 0 fully saturated rings. The number of nitro groups is 1. The Hall–Kier alpha value is -2.16. The minimum Gasteiger partial charge on any atom is -0.478 e. The van der Waals surface area contributed by atoms with Crippen molar-refractivity contribution < 1.29 is 19.6 Å². The van der Waals surface area contributed by atoms with Crippen LogP contribution in [-0.2, 0) is 4.79 Å². The number of nitrogens with zero attached hydrogens (tertiary/aromatic N) is 2. The lowest BCUT2D eigenvalue weighted by atomic mass is 10.2. The molecule has 1 amide bonds. The van der Waals surface area contributed by atoms with Gasteiger partial charge in [-0.2, -0.15) is 0 Å². The number of carboxylic acids is 1. The van der Waals surface area contributed by atoms with Gasteiger partial charge in [-0.15, -0.1) is 11.8 Å². The van der Waals surface area contributed by atoms with Gasteiger partial charge in [-0.05, 0) is 9.91 Å². The topological polar surface area (TPSA) is 122 Å². The molecule has 1 heterocycles. The number of hydrogen-bond donors (Lipinski definition) is 2. The molecular formula is C9H9N3O5S. The molecule has 8 nitrogen and oxygen atoms in total. The molecule has 18 heavy (non-hydrogen) atoms. The summed E-state index contributed by atoms with van der Waals surface area (Å²) < 4.78 is 0. The standard InChI is InChI=1S/C9H9N3O5S/c1-10-8(13)4-18-6-3-11-7(12(16)17)2-5(6)9(14)15/h2-3H,4H2,1H3,(H,10,13)(H,14,15). The fourth-order valence-corrected chi connectivity index (χ4v) is 1.89. The van der Waals surface area contributed by atoms with Gasteiger partial charge in [-0.3, -0.25) is 4.79 Å². The number of carboxylic acid groups (broad SMARTS) is 1. The van der Waals surface area contributed by atoms with Crippen molar-refractivity contribution in [3.05, 3.63) is 27.9 Å². The number of carbonyl (C=O) groups is 2. The van der Waals surface area contributed by atoms with Gasteiger partial charge in [0.2, 0.25) is 5.91 Å². The van der Waals surface area contributed by atoms with Gasteiger partial charge in [-0.1, -0.05) is 0 Å². The number of aromatic nitrogens is 1. The SMILES string of the molecule is CNC(=O)CSc1cnc([N+](=O)[O-])cc1C(=O)O. The Labute approximate surface area is 106 Å². The van der Waals surface area contributed by atoms with Crippen LogP contribution in [0.1, 0.15) is 10.4 Å². The molecule has 0 aliphatic carbocycles. The predicted molar refractivity (Wildman–Crippen MR) is 62.6 cm³/mol. The number of hydrogen-bond acceptors (Lipinski definition) is 6. The van der Waals surface area contributed by atoms with Gasteiger partial charge in [0.05, 0.1) is 22.3 Å². The second kappa shape index (κ2) is 5.96. The molecule has 0 aliphatic rings. The summed E-state index contributed by atoms with van der Waals surface area (Å²) in [7, 11) is 1.45. The van der Waals surface area contributed by atoms with E-state index in [1.165, 1.54) is 7.05 Å². The first-order valence-electron chi connectivity index (χ1n) is 4.66. The highest BCUT2D eigenvalue weighted by atomic mass is 32.2. The number of pyridine rings is 1. The van der Waals surface area contributed by atoms with Gasteiger partial charge in [0, 0.05) is 7.05 Å². The van der Waals surface area contributed by atoms with Crippen LogP contribution in [0.5, 0.6) is 0 Å². The van der Waals surface area contributed by atoms with Gasteiger partial charge in [0.25, 0.3) is 0 Å². The maximum absolute atomic E-state index is 11.0. The van der Waals surface area contributed by atoms with Crippen LogP contribution < -0.4 is 5.32 Å². The van der Waals surface area contributed by atoms with E-state index in [1.54, 1.807) is 0 Å². The van der Waals surface area contributed by atoms with E-state index in [0.29, 0.717) is 0 Å². The third-order valence-corrected chi connectivity index (χ3v) is 2.95. The molecule has 1 rings (SSSR count). The van der Waals surface area contributed by atoms with Crippen LogP contribution in [0.3, 0.4) is 0 Å². The summed E-state index contributed by atoms with van der Waals surface area (Å²) in [6.07, 6.45) is 1.08. The van der Waals surface area contributed by atoms with Crippen molar-refractivity contribution in [3.8, 4) is 0 Å². The average molecular weight is 271 g/mol. The van der Waals surface area contributed by atoms with Crippen LogP contribution in [0.25, 0.3) is 0 Å². The van der Waals surface area contributed by atoms with Crippen molar-refractivity contribution in [2.24, 2.45) is 0 Å². The summed E-state index contributed by atoms with van der Waals surface area (Å²) in [5.41, 5.74) is -0.245. The second-order valence-corrected chi connectivity index (χ2v) is 4.08. The molecule has 0 spiro atoms. The molecule has 0 aromatic carbocycles. The Balaban J connectivity index is 3.00. The smallest absolute Gasteiger partial charge is 0.364 e. The van der Waals surface area contributed by atoms with Gasteiger partial charge >= 0.3 is 11.8 Å². The maximum Gasteiger partial charge on any atom is 0.364 e. The van der Waals surface area contributed by atoms with Crippen molar-refractivity contribution in [2.45, 2.75) is 4.90 Å². The van der Waals surface area contributed by atoms with E-state index >= 15 is 0 Å². The highest BCUT2D eigenvalue weighted by molar-refractivity contribution is 8.00. The molecule has 0 radical (unpaired) electrons. The van der Waals surface area contributed by atoms with Crippen LogP contribution in [0.15, 0.2) is 17.2 Å². The van der Waals surface area contributed by atoms with Crippen LogP contribution in [-0.4, -0.2) is 39.7 Å². The molecule has 1 aromatic heterocycles. The Kier molecular flexibility index (Phi) is 4.60. The quantitative estimate of drug-likeness (QED) is 0.454. The van der Waals surface area contributed by atoms with Crippen molar-refractivity contribution in [1.29, 1.82) is 0 Å². The number of amides is 1. The molecule has 9 heteroatoms. The number of carbonyl (C=O) groups excluding carboxylic acids is 1. The first kappa shape index (κ1) is 13.9. The van der Waals surface area contributed by atoms with E-state index in [2.05, 4.69) is 10.3 Å². The lowest BCUT2D eigenvalue weighted by Gasteiger charge is -2.03. The number of rotatable bonds is 5. The monoisotopic (exact) mass is 271 g/mol. The van der Waals surface area contributed by atoms with E-state index < -0.39 is 16.7 Å². The lowest BCUT2D eigenvalue weighted by Crippen LogP contribution is -2.20. The van der Waals surface area contributed by atoms with Crippen molar-refractivity contribution in [1.82, 2.24) is 10.3 Å².